The standard InChI is InChI=1S/C12H15N5O2/c1-7-9(8(2)19-17-7)6-14-11-5-4-10(15-16-11)12(18)13-3/h4-5H,6H2,1-3H3,(H,13,18)(H,14,16). The van der Waals surface area contributed by atoms with Crippen molar-refractivity contribution >= 4 is 11.7 Å². The molecule has 0 atom stereocenters. The maximum absolute atomic E-state index is 11.3. The van der Waals surface area contributed by atoms with E-state index in [9.17, 15) is 4.79 Å². The summed E-state index contributed by atoms with van der Waals surface area (Å²) < 4.78 is 5.07. The van der Waals surface area contributed by atoms with Gasteiger partial charge in [0.2, 0.25) is 0 Å². The lowest BCUT2D eigenvalue weighted by Gasteiger charge is -2.05. The number of rotatable bonds is 4. The van der Waals surface area contributed by atoms with E-state index in [4.69, 9.17) is 4.52 Å². The zero-order valence-corrected chi connectivity index (χ0v) is 11.0. The van der Waals surface area contributed by atoms with Gasteiger partial charge in [0.25, 0.3) is 5.91 Å². The molecule has 0 saturated carbocycles. The van der Waals surface area contributed by atoms with E-state index in [1.54, 1.807) is 19.2 Å². The molecule has 19 heavy (non-hydrogen) atoms. The van der Waals surface area contributed by atoms with Crippen molar-refractivity contribution in [3.05, 3.63) is 34.8 Å². The topological polar surface area (TPSA) is 92.9 Å². The predicted molar refractivity (Wildman–Crippen MR) is 68.7 cm³/mol. The highest BCUT2D eigenvalue weighted by Gasteiger charge is 2.09. The number of carbonyl (C=O) groups is 1. The van der Waals surface area contributed by atoms with Crippen LogP contribution in [0.5, 0.6) is 0 Å². The van der Waals surface area contributed by atoms with Crippen LogP contribution in [0.25, 0.3) is 0 Å². The maximum atomic E-state index is 11.3. The Morgan fingerprint density at radius 1 is 1.32 bits per heavy atom. The van der Waals surface area contributed by atoms with Gasteiger partial charge in [0.05, 0.1) is 5.69 Å². The Balaban J connectivity index is 2.03. The molecule has 0 unspecified atom stereocenters. The quantitative estimate of drug-likeness (QED) is 0.854. The van der Waals surface area contributed by atoms with Gasteiger partial charge in [0.15, 0.2) is 5.69 Å². The van der Waals surface area contributed by atoms with Crippen LogP contribution < -0.4 is 10.6 Å². The van der Waals surface area contributed by atoms with Gasteiger partial charge < -0.3 is 15.2 Å². The van der Waals surface area contributed by atoms with Crippen LogP contribution in [-0.2, 0) is 6.54 Å². The number of nitrogens with one attached hydrogen (secondary N) is 2. The molecule has 0 radical (unpaired) electrons. The lowest BCUT2D eigenvalue weighted by molar-refractivity contribution is 0.0957. The smallest absolute Gasteiger partial charge is 0.271 e. The number of aromatic nitrogens is 3. The normalized spacial score (nSPS) is 10.3. The van der Waals surface area contributed by atoms with Crippen LogP contribution >= 0.6 is 0 Å². The molecule has 7 heteroatoms. The van der Waals surface area contributed by atoms with Crippen molar-refractivity contribution in [1.82, 2.24) is 20.7 Å². The van der Waals surface area contributed by atoms with Crippen LogP contribution in [0.4, 0.5) is 5.82 Å². The highest BCUT2D eigenvalue weighted by molar-refractivity contribution is 5.91. The molecule has 0 spiro atoms. The molecule has 0 aromatic carbocycles. The van der Waals surface area contributed by atoms with Crippen LogP contribution in [-0.4, -0.2) is 28.3 Å². The first-order valence-corrected chi connectivity index (χ1v) is 5.83. The van der Waals surface area contributed by atoms with Gasteiger partial charge in [-0.05, 0) is 26.0 Å². The van der Waals surface area contributed by atoms with Gasteiger partial charge in [-0.1, -0.05) is 5.16 Å². The fourth-order valence-electron chi connectivity index (χ4n) is 1.61. The molecule has 0 aliphatic rings. The van der Waals surface area contributed by atoms with Crippen LogP contribution in [0.2, 0.25) is 0 Å². The second kappa shape index (κ2) is 5.47. The molecule has 0 fully saturated rings. The minimum atomic E-state index is -0.259. The molecule has 0 aliphatic heterocycles. The fourth-order valence-corrected chi connectivity index (χ4v) is 1.61. The zero-order chi connectivity index (χ0) is 13.8. The molecule has 0 aliphatic carbocycles. The Morgan fingerprint density at radius 2 is 2.11 bits per heavy atom. The van der Waals surface area contributed by atoms with Gasteiger partial charge in [0, 0.05) is 19.2 Å². The van der Waals surface area contributed by atoms with Gasteiger partial charge in [-0.15, -0.1) is 10.2 Å². The lowest BCUT2D eigenvalue weighted by atomic mass is 10.2. The largest absolute Gasteiger partial charge is 0.364 e. The number of hydrogen-bond donors (Lipinski definition) is 2. The lowest BCUT2D eigenvalue weighted by Crippen LogP contribution is -2.19. The van der Waals surface area contributed by atoms with E-state index < -0.39 is 0 Å². The Labute approximate surface area is 110 Å². The second-order valence-corrected chi connectivity index (χ2v) is 4.04. The predicted octanol–water partition coefficient (Wildman–Crippen LogP) is 1.05. The first-order chi connectivity index (χ1) is 9.11. The monoisotopic (exact) mass is 261 g/mol. The highest BCUT2D eigenvalue weighted by atomic mass is 16.5. The summed E-state index contributed by atoms with van der Waals surface area (Å²) >= 11 is 0. The van der Waals surface area contributed by atoms with Gasteiger partial charge in [-0.2, -0.15) is 0 Å². The molecule has 2 rings (SSSR count). The van der Waals surface area contributed by atoms with E-state index >= 15 is 0 Å². The molecule has 7 nitrogen and oxygen atoms in total. The summed E-state index contributed by atoms with van der Waals surface area (Å²) in [7, 11) is 1.55. The SMILES string of the molecule is CNC(=O)c1ccc(NCc2c(C)noc2C)nn1. The molecule has 2 aromatic heterocycles. The molecule has 2 aromatic rings. The Kier molecular flexibility index (Phi) is 3.74. The zero-order valence-electron chi connectivity index (χ0n) is 11.0. The number of aryl methyl sites for hydroxylation is 2. The van der Waals surface area contributed by atoms with Crippen molar-refractivity contribution in [3.8, 4) is 0 Å². The summed E-state index contributed by atoms with van der Waals surface area (Å²) in [5, 5.41) is 17.2. The van der Waals surface area contributed by atoms with E-state index in [0.717, 1.165) is 17.0 Å². The van der Waals surface area contributed by atoms with Crippen molar-refractivity contribution in [1.29, 1.82) is 0 Å². The van der Waals surface area contributed by atoms with Crippen molar-refractivity contribution in [2.75, 3.05) is 12.4 Å². The van der Waals surface area contributed by atoms with E-state index in [-0.39, 0.29) is 11.6 Å². The maximum Gasteiger partial charge on any atom is 0.271 e. The molecular weight excluding hydrogens is 246 g/mol. The minimum Gasteiger partial charge on any atom is -0.364 e. The molecule has 2 N–H and O–H groups in total. The minimum absolute atomic E-state index is 0.259. The Bertz CT molecular complexity index is 557. The van der Waals surface area contributed by atoms with Gasteiger partial charge >= 0.3 is 0 Å². The molecule has 0 saturated heterocycles. The number of nitrogens with zero attached hydrogens (tertiary/aromatic N) is 3. The molecule has 0 bridgehead atoms. The van der Waals surface area contributed by atoms with Crippen LogP contribution in [0.3, 0.4) is 0 Å². The first-order valence-electron chi connectivity index (χ1n) is 5.83. The third-order valence-corrected chi connectivity index (χ3v) is 2.75. The Hall–Kier alpha value is -2.44. The van der Waals surface area contributed by atoms with Crippen molar-refractivity contribution < 1.29 is 9.32 Å². The second-order valence-electron chi connectivity index (χ2n) is 4.04. The van der Waals surface area contributed by atoms with Crippen molar-refractivity contribution in [2.45, 2.75) is 20.4 Å². The summed E-state index contributed by atoms with van der Waals surface area (Å²) in [5.74, 6) is 1.11. The van der Waals surface area contributed by atoms with Crippen LogP contribution in [0.1, 0.15) is 27.5 Å². The molecule has 2 heterocycles. The first kappa shape index (κ1) is 13.0. The summed E-state index contributed by atoms with van der Waals surface area (Å²) in [4.78, 5) is 11.3. The van der Waals surface area contributed by atoms with E-state index in [1.807, 2.05) is 13.8 Å². The van der Waals surface area contributed by atoms with Crippen LogP contribution in [0.15, 0.2) is 16.7 Å². The summed E-state index contributed by atoms with van der Waals surface area (Å²) in [6, 6.07) is 3.32. The number of amides is 1. The Morgan fingerprint density at radius 3 is 2.63 bits per heavy atom. The number of hydrogen-bond acceptors (Lipinski definition) is 6. The van der Waals surface area contributed by atoms with E-state index in [1.165, 1.54) is 0 Å². The van der Waals surface area contributed by atoms with Crippen LogP contribution in [0, 0.1) is 13.8 Å². The molecule has 1 amide bonds. The van der Waals surface area contributed by atoms with E-state index in [0.29, 0.717) is 12.4 Å². The van der Waals surface area contributed by atoms with Crippen molar-refractivity contribution in [2.24, 2.45) is 0 Å². The third kappa shape index (κ3) is 2.87. The summed E-state index contributed by atoms with van der Waals surface area (Å²) in [5.41, 5.74) is 2.13. The van der Waals surface area contributed by atoms with Gasteiger partial charge in [0.1, 0.15) is 11.6 Å². The summed E-state index contributed by atoms with van der Waals surface area (Å²) in [6.07, 6.45) is 0. The highest BCUT2D eigenvalue weighted by Crippen LogP contribution is 2.13. The number of carbonyl (C=O) groups excluding carboxylic acids is 1. The average molecular weight is 261 g/mol. The van der Waals surface area contributed by atoms with Gasteiger partial charge in [-0.3, -0.25) is 4.79 Å². The fraction of sp³-hybridized carbons (Fsp3) is 0.333. The summed E-state index contributed by atoms with van der Waals surface area (Å²) in [6.45, 7) is 4.29. The molecular formula is C12H15N5O2. The van der Waals surface area contributed by atoms with Gasteiger partial charge in [-0.25, -0.2) is 0 Å². The van der Waals surface area contributed by atoms with Crippen molar-refractivity contribution in [3.63, 3.8) is 0 Å². The number of anilines is 1. The van der Waals surface area contributed by atoms with E-state index in [2.05, 4.69) is 26.0 Å². The average Bonchev–Trinajstić information content (AvgIpc) is 2.75. The third-order valence-electron chi connectivity index (χ3n) is 2.75. The molecule has 100 valence electrons.